The van der Waals surface area contributed by atoms with Gasteiger partial charge in [0.1, 0.15) is 5.82 Å². The van der Waals surface area contributed by atoms with Crippen molar-refractivity contribution in [3.05, 3.63) is 35.9 Å². The van der Waals surface area contributed by atoms with Gasteiger partial charge in [-0.2, -0.15) is 0 Å². The number of aliphatic hydroxyl groups excluding tert-OH is 1. The first kappa shape index (κ1) is 9.67. The zero-order valence-corrected chi connectivity index (χ0v) is 7.92. The van der Waals surface area contributed by atoms with Gasteiger partial charge in [-0.3, -0.25) is 0 Å². The first-order valence-corrected chi connectivity index (χ1v) is 4.52. The minimum atomic E-state index is -0.972. The number of aromatic carboxylic acids is 1. The zero-order chi connectivity index (χ0) is 10.8. The molecular formula is C10H10N2O3. The summed E-state index contributed by atoms with van der Waals surface area (Å²) in [7, 11) is 0. The Bertz CT molecular complexity index is 504. The summed E-state index contributed by atoms with van der Waals surface area (Å²) < 4.78 is 1.68. The maximum atomic E-state index is 10.8. The van der Waals surface area contributed by atoms with E-state index in [1.807, 2.05) is 0 Å². The predicted molar refractivity (Wildman–Crippen MR) is 52.9 cm³/mol. The number of carbonyl (C=O) groups is 1. The van der Waals surface area contributed by atoms with Gasteiger partial charge in [-0.15, -0.1) is 0 Å². The van der Waals surface area contributed by atoms with E-state index in [2.05, 4.69) is 4.98 Å². The Hall–Kier alpha value is -1.88. The molecule has 0 saturated carbocycles. The Kier molecular flexibility index (Phi) is 2.39. The number of hydrogen-bond acceptors (Lipinski definition) is 3. The maximum Gasteiger partial charge on any atom is 0.337 e. The molecule has 0 unspecified atom stereocenters. The fourth-order valence-electron chi connectivity index (χ4n) is 1.46. The number of aliphatic hydroxyl groups is 1. The van der Waals surface area contributed by atoms with E-state index in [-0.39, 0.29) is 12.2 Å². The number of imidazole rings is 1. The first-order chi connectivity index (χ1) is 7.22. The van der Waals surface area contributed by atoms with Gasteiger partial charge in [0.15, 0.2) is 0 Å². The van der Waals surface area contributed by atoms with E-state index in [0.717, 1.165) is 5.52 Å². The highest BCUT2D eigenvalue weighted by Crippen LogP contribution is 2.09. The second kappa shape index (κ2) is 3.70. The Balaban J connectivity index is 2.56. The average molecular weight is 206 g/mol. The van der Waals surface area contributed by atoms with Crippen molar-refractivity contribution in [2.45, 2.75) is 6.42 Å². The highest BCUT2D eigenvalue weighted by Gasteiger charge is 2.07. The number of hydrogen-bond donors (Lipinski definition) is 2. The van der Waals surface area contributed by atoms with E-state index < -0.39 is 5.97 Å². The van der Waals surface area contributed by atoms with Crippen LogP contribution in [0.3, 0.4) is 0 Å². The van der Waals surface area contributed by atoms with Gasteiger partial charge in [0, 0.05) is 12.6 Å². The number of carboxylic acid groups (broad SMARTS) is 1. The van der Waals surface area contributed by atoms with Crippen molar-refractivity contribution in [3.63, 3.8) is 0 Å². The van der Waals surface area contributed by atoms with Crippen LogP contribution >= 0.6 is 0 Å². The van der Waals surface area contributed by atoms with Crippen LogP contribution in [0.15, 0.2) is 24.5 Å². The van der Waals surface area contributed by atoms with Crippen molar-refractivity contribution in [1.29, 1.82) is 0 Å². The summed E-state index contributed by atoms with van der Waals surface area (Å²) in [6, 6.07) is 3.22. The van der Waals surface area contributed by atoms with Crippen molar-refractivity contribution in [2.24, 2.45) is 0 Å². The molecule has 78 valence electrons. The minimum absolute atomic E-state index is 0.00356. The first-order valence-electron chi connectivity index (χ1n) is 4.52. The SMILES string of the molecule is O=C(O)c1ccc2cnc(CCO)n2c1. The maximum absolute atomic E-state index is 10.8. The minimum Gasteiger partial charge on any atom is -0.478 e. The number of nitrogens with zero attached hydrogens (tertiary/aromatic N) is 2. The molecule has 0 aliphatic carbocycles. The molecule has 0 aliphatic heterocycles. The van der Waals surface area contributed by atoms with Gasteiger partial charge in [-0.25, -0.2) is 9.78 Å². The van der Waals surface area contributed by atoms with Crippen LogP contribution in [-0.4, -0.2) is 32.2 Å². The molecule has 0 atom stereocenters. The van der Waals surface area contributed by atoms with Crippen molar-refractivity contribution in [3.8, 4) is 0 Å². The lowest BCUT2D eigenvalue weighted by atomic mass is 10.3. The standard InChI is InChI=1S/C10H10N2O3/c13-4-3-9-11-5-8-2-1-7(10(14)15)6-12(8)9/h1-2,5-6,13H,3-4H2,(H,14,15). The summed E-state index contributed by atoms with van der Waals surface area (Å²) in [6.07, 6.45) is 3.57. The van der Waals surface area contributed by atoms with E-state index in [0.29, 0.717) is 12.2 Å². The summed E-state index contributed by atoms with van der Waals surface area (Å²) in [4.78, 5) is 14.8. The zero-order valence-electron chi connectivity index (χ0n) is 7.92. The Morgan fingerprint density at radius 2 is 2.27 bits per heavy atom. The largest absolute Gasteiger partial charge is 0.478 e. The molecule has 0 aliphatic rings. The molecule has 0 radical (unpaired) electrons. The lowest BCUT2D eigenvalue weighted by molar-refractivity contribution is 0.0696. The molecule has 15 heavy (non-hydrogen) atoms. The summed E-state index contributed by atoms with van der Waals surface area (Å²) >= 11 is 0. The molecule has 0 aromatic carbocycles. The molecular weight excluding hydrogens is 196 g/mol. The number of fused-ring (bicyclic) bond motifs is 1. The smallest absolute Gasteiger partial charge is 0.337 e. The summed E-state index contributed by atoms with van der Waals surface area (Å²) in [5.41, 5.74) is 1.03. The molecule has 0 fully saturated rings. The topological polar surface area (TPSA) is 74.8 Å². The van der Waals surface area contributed by atoms with Gasteiger partial charge >= 0.3 is 5.97 Å². The number of pyridine rings is 1. The van der Waals surface area contributed by atoms with Crippen LogP contribution in [-0.2, 0) is 6.42 Å². The molecule has 2 aromatic rings. The van der Waals surface area contributed by atoms with Crippen LogP contribution in [0.25, 0.3) is 5.52 Å². The van der Waals surface area contributed by atoms with E-state index >= 15 is 0 Å². The highest BCUT2D eigenvalue weighted by atomic mass is 16.4. The summed E-state index contributed by atoms with van der Waals surface area (Å²) in [5, 5.41) is 17.6. The Morgan fingerprint density at radius 3 is 2.93 bits per heavy atom. The second-order valence-electron chi connectivity index (χ2n) is 3.17. The molecule has 2 heterocycles. The third kappa shape index (κ3) is 1.69. The van der Waals surface area contributed by atoms with E-state index in [1.165, 1.54) is 12.3 Å². The number of rotatable bonds is 3. The average Bonchev–Trinajstić information content (AvgIpc) is 2.61. The molecule has 5 heteroatoms. The lowest BCUT2D eigenvalue weighted by Crippen LogP contribution is -2.02. The van der Waals surface area contributed by atoms with Gasteiger partial charge in [0.2, 0.25) is 0 Å². The van der Waals surface area contributed by atoms with Crippen molar-refractivity contribution in [2.75, 3.05) is 6.61 Å². The van der Waals surface area contributed by atoms with E-state index in [1.54, 1.807) is 16.7 Å². The van der Waals surface area contributed by atoms with Gasteiger partial charge in [-0.05, 0) is 12.1 Å². The molecule has 0 spiro atoms. The molecule has 2 N–H and O–H groups in total. The monoisotopic (exact) mass is 206 g/mol. The van der Waals surface area contributed by atoms with Crippen LogP contribution in [0.1, 0.15) is 16.2 Å². The molecule has 5 nitrogen and oxygen atoms in total. The number of aromatic nitrogens is 2. The molecule has 2 rings (SSSR count). The van der Waals surface area contributed by atoms with Gasteiger partial charge in [0.05, 0.1) is 23.9 Å². The van der Waals surface area contributed by atoms with Gasteiger partial charge in [-0.1, -0.05) is 0 Å². The fourth-order valence-corrected chi connectivity index (χ4v) is 1.46. The van der Waals surface area contributed by atoms with Crippen molar-refractivity contribution < 1.29 is 15.0 Å². The second-order valence-corrected chi connectivity index (χ2v) is 3.17. The van der Waals surface area contributed by atoms with Crippen LogP contribution in [0.4, 0.5) is 0 Å². The third-order valence-electron chi connectivity index (χ3n) is 2.19. The van der Waals surface area contributed by atoms with Crippen molar-refractivity contribution >= 4 is 11.5 Å². The third-order valence-corrected chi connectivity index (χ3v) is 2.19. The Morgan fingerprint density at radius 1 is 1.47 bits per heavy atom. The quantitative estimate of drug-likeness (QED) is 0.769. The lowest BCUT2D eigenvalue weighted by Gasteiger charge is -2.00. The van der Waals surface area contributed by atoms with E-state index in [4.69, 9.17) is 10.2 Å². The van der Waals surface area contributed by atoms with Crippen LogP contribution < -0.4 is 0 Å². The Labute approximate surface area is 85.6 Å². The summed E-state index contributed by atoms with van der Waals surface area (Å²) in [5.74, 6) is -0.309. The molecule has 0 amide bonds. The van der Waals surface area contributed by atoms with Crippen molar-refractivity contribution in [1.82, 2.24) is 9.38 Å². The predicted octanol–water partition coefficient (Wildman–Crippen LogP) is 0.567. The van der Waals surface area contributed by atoms with Crippen LogP contribution in [0.2, 0.25) is 0 Å². The highest BCUT2D eigenvalue weighted by molar-refractivity contribution is 5.87. The van der Waals surface area contributed by atoms with Gasteiger partial charge < -0.3 is 14.6 Å². The normalized spacial score (nSPS) is 10.7. The fraction of sp³-hybridized carbons (Fsp3) is 0.200. The number of carboxylic acids is 1. The van der Waals surface area contributed by atoms with Crippen LogP contribution in [0.5, 0.6) is 0 Å². The molecule has 2 aromatic heterocycles. The van der Waals surface area contributed by atoms with Gasteiger partial charge in [0.25, 0.3) is 0 Å². The van der Waals surface area contributed by atoms with E-state index in [9.17, 15) is 4.79 Å². The van der Waals surface area contributed by atoms with Crippen LogP contribution in [0, 0.1) is 0 Å². The molecule has 0 saturated heterocycles. The summed E-state index contributed by atoms with van der Waals surface area (Å²) in [6.45, 7) is -0.00356. The molecule has 0 bridgehead atoms.